The van der Waals surface area contributed by atoms with Crippen LogP contribution in [0.1, 0.15) is 40.0 Å². The Labute approximate surface area is 114 Å². The van der Waals surface area contributed by atoms with Crippen molar-refractivity contribution in [1.82, 2.24) is 5.32 Å². The maximum absolute atomic E-state index is 12.8. The number of amides is 1. The molecule has 0 heterocycles. The second-order valence-electron chi connectivity index (χ2n) is 5.03. The van der Waals surface area contributed by atoms with E-state index in [2.05, 4.69) is 12.2 Å². The van der Waals surface area contributed by atoms with Gasteiger partial charge in [-0.05, 0) is 44.5 Å². The van der Waals surface area contributed by atoms with E-state index in [1.54, 1.807) is 13.8 Å². The molecule has 0 radical (unpaired) electrons. The molecule has 0 unspecified atom stereocenters. The summed E-state index contributed by atoms with van der Waals surface area (Å²) in [6.45, 7) is 6.17. The minimum absolute atomic E-state index is 0.159. The number of hydrogen-bond acceptors (Lipinski definition) is 2. The number of carbonyl (C=O) groups is 1. The van der Waals surface area contributed by atoms with E-state index in [1.165, 1.54) is 24.3 Å². The van der Waals surface area contributed by atoms with Crippen molar-refractivity contribution in [3.8, 4) is 5.75 Å². The zero-order valence-corrected chi connectivity index (χ0v) is 11.8. The van der Waals surface area contributed by atoms with Gasteiger partial charge in [0.2, 0.25) is 0 Å². The van der Waals surface area contributed by atoms with Crippen molar-refractivity contribution in [3.05, 3.63) is 30.1 Å². The number of rotatable bonds is 7. The summed E-state index contributed by atoms with van der Waals surface area (Å²) in [5.74, 6) is -0.00258. The second-order valence-corrected chi connectivity index (χ2v) is 5.03. The molecule has 0 saturated heterocycles. The molecule has 1 amide bonds. The van der Waals surface area contributed by atoms with Gasteiger partial charge in [0.1, 0.15) is 11.6 Å². The van der Waals surface area contributed by atoms with Crippen LogP contribution in [-0.4, -0.2) is 18.1 Å². The molecule has 0 aliphatic rings. The molecule has 1 aromatic carbocycles. The fourth-order valence-corrected chi connectivity index (χ4v) is 1.63. The first kappa shape index (κ1) is 15.5. The molecule has 0 aliphatic heterocycles. The molecule has 0 atom stereocenters. The zero-order valence-electron chi connectivity index (χ0n) is 11.8. The second kappa shape index (κ2) is 7.12. The Balaban J connectivity index is 2.49. The Morgan fingerprint density at radius 3 is 2.47 bits per heavy atom. The van der Waals surface area contributed by atoms with Crippen LogP contribution < -0.4 is 10.1 Å². The standard InChI is InChI=1S/C15H22FNO2/c1-4-5-6-11-17-14(18)15(2,3)19-13-9-7-12(16)8-10-13/h7-10H,4-6,11H2,1-3H3,(H,17,18). The van der Waals surface area contributed by atoms with Crippen molar-refractivity contribution in [2.45, 2.75) is 45.6 Å². The summed E-state index contributed by atoms with van der Waals surface area (Å²) in [6.07, 6.45) is 3.18. The quantitative estimate of drug-likeness (QED) is 0.770. The summed E-state index contributed by atoms with van der Waals surface area (Å²) in [5.41, 5.74) is -0.968. The van der Waals surface area contributed by atoms with E-state index in [-0.39, 0.29) is 11.7 Å². The molecule has 1 aromatic rings. The molecule has 0 bridgehead atoms. The van der Waals surface area contributed by atoms with Gasteiger partial charge in [-0.1, -0.05) is 19.8 Å². The molecule has 0 aliphatic carbocycles. The molecule has 1 rings (SSSR count). The van der Waals surface area contributed by atoms with E-state index in [0.717, 1.165) is 19.3 Å². The lowest BCUT2D eigenvalue weighted by Crippen LogP contribution is -2.46. The fraction of sp³-hybridized carbons (Fsp3) is 0.533. The van der Waals surface area contributed by atoms with Gasteiger partial charge >= 0.3 is 0 Å². The van der Waals surface area contributed by atoms with E-state index in [0.29, 0.717) is 12.3 Å². The number of carbonyl (C=O) groups excluding carboxylic acids is 1. The lowest BCUT2D eigenvalue weighted by atomic mass is 10.1. The SMILES string of the molecule is CCCCCNC(=O)C(C)(C)Oc1ccc(F)cc1. The summed E-state index contributed by atoms with van der Waals surface area (Å²) in [5, 5.41) is 2.85. The van der Waals surface area contributed by atoms with Crippen LogP contribution in [0.4, 0.5) is 4.39 Å². The lowest BCUT2D eigenvalue weighted by Gasteiger charge is -2.25. The van der Waals surface area contributed by atoms with Crippen LogP contribution in [0.5, 0.6) is 5.75 Å². The largest absolute Gasteiger partial charge is 0.478 e. The molecular formula is C15H22FNO2. The fourth-order valence-electron chi connectivity index (χ4n) is 1.63. The van der Waals surface area contributed by atoms with Gasteiger partial charge in [-0.15, -0.1) is 0 Å². The Kier molecular flexibility index (Phi) is 5.80. The van der Waals surface area contributed by atoms with E-state index < -0.39 is 5.60 Å². The highest BCUT2D eigenvalue weighted by atomic mass is 19.1. The number of halogens is 1. The first-order chi connectivity index (χ1) is 8.95. The number of benzene rings is 1. The summed E-state index contributed by atoms with van der Waals surface area (Å²) < 4.78 is 18.4. The van der Waals surface area contributed by atoms with Gasteiger partial charge in [-0.3, -0.25) is 4.79 Å². The van der Waals surface area contributed by atoms with Crippen LogP contribution in [0.2, 0.25) is 0 Å². The maximum Gasteiger partial charge on any atom is 0.263 e. The first-order valence-electron chi connectivity index (χ1n) is 6.68. The predicted octanol–water partition coefficient (Wildman–Crippen LogP) is 3.29. The predicted molar refractivity (Wildman–Crippen MR) is 73.6 cm³/mol. The monoisotopic (exact) mass is 267 g/mol. The number of hydrogen-bond donors (Lipinski definition) is 1. The molecule has 3 nitrogen and oxygen atoms in total. The van der Waals surface area contributed by atoms with E-state index in [9.17, 15) is 9.18 Å². The molecule has 1 N–H and O–H groups in total. The summed E-state index contributed by atoms with van der Waals surface area (Å²) in [7, 11) is 0. The third kappa shape index (κ3) is 5.28. The minimum atomic E-state index is -0.968. The molecule has 106 valence electrons. The van der Waals surface area contributed by atoms with Crippen LogP contribution in [0.15, 0.2) is 24.3 Å². The van der Waals surface area contributed by atoms with Gasteiger partial charge in [0.25, 0.3) is 5.91 Å². The molecule has 0 saturated carbocycles. The Morgan fingerprint density at radius 2 is 1.89 bits per heavy atom. The number of ether oxygens (including phenoxy) is 1. The van der Waals surface area contributed by atoms with Gasteiger partial charge in [0, 0.05) is 6.54 Å². The van der Waals surface area contributed by atoms with Gasteiger partial charge in [-0.25, -0.2) is 4.39 Å². The molecule has 0 fully saturated rings. The topological polar surface area (TPSA) is 38.3 Å². The third-order valence-corrected chi connectivity index (χ3v) is 2.80. The summed E-state index contributed by atoms with van der Waals surface area (Å²) >= 11 is 0. The van der Waals surface area contributed by atoms with Crippen molar-refractivity contribution < 1.29 is 13.9 Å². The van der Waals surface area contributed by atoms with Crippen molar-refractivity contribution >= 4 is 5.91 Å². The van der Waals surface area contributed by atoms with Gasteiger partial charge in [0.15, 0.2) is 5.60 Å². The smallest absolute Gasteiger partial charge is 0.263 e. The number of nitrogens with one attached hydrogen (secondary N) is 1. The van der Waals surface area contributed by atoms with Crippen LogP contribution in [0, 0.1) is 5.82 Å². The van der Waals surface area contributed by atoms with Crippen molar-refractivity contribution in [2.24, 2.45) is 0 Å². The normalized spacial score (nSPS) is 11.2. The van der Waals surface area contributed by atoms with Crippen molar-refractivity contribution in [3.63, 3.8) is 0 Å². The summed E-state index contributed by atoms with van der Waals surface area (Å²) in [6, 6.07) is 5.65. The van der Waals surface area contributed by atoms with E-state index in [1.807, 2.05) is 0 Å². The Bertz CT molecular complexity index is 401. The average Bonchev–Trinajstić information content (AvgIpc) is 2.37. The highest BCUT2D eigenvalue weighted by Gasteiger charge is 2.29. The molecule has 4 heteroatoms. The summed E-state index contributed by atoms with van der Waals surface area (Å²) in [4.78, 5) is 12.0. The molecule has 0 spiro atoms. The van der Waals surface area contributed by atoms with Crippen molar-refractivity contribution in [1.29, 1.82) is 0 Å². The van der Waals surface area contributed by atoms with Gasteiger partial charge in [0.05, 0.1) is 0 Å². The van der Waals surface area contributed by atoms with Crippen LogP contribution in [0.25, 0.3) is 0 Å². The van der Waals surface area contributed by atoms with E-state index >= 15 is 0 Å². The highest BCUT2D eigenvalue weighted by Crippen LogP contribution is 2.18. The Hall–Kier alpha value is -1.58. The molecular weight excluding hydrogens is 245 g/mol. The third-order valence-electron chi connectivity index (χ3n) is 2.80. The zero-order chi connectivity index (χ0) is 14.3. The average molecular weight is 267 g/mol. The highest BCUT2D eigenvalue weighted by molar-refractivity contribution is 5.84. The van der Waals surface area contributed by atoms with Gasteiger partial charge in [-0.2, -0.15) is 0 Å². The minimum Gasteiger partial charge on any atom is -0.478 e. The maximum atomic E-state index is 12.8. The van der Waals surface area contributed by atoms with Crippen LogP contribution in [0.3, 0.4) is 0 Å². The molecule has 19 heavy (non-hydrogen) atoms. The first-order valence-corrected chi connectivity index (χ1v) is 6.68. The number of unbranched alkanes of at least 4 members (excludes halogenated alkanes) is 2. The van der Waals surface area contributed by atoms with Crippen LogP contribution >= 0.6 is 0 Å². The van der Waals surface area contributed by atoms with E-state index in [4.69, 9.17) is 4.74 Å². The Morgan fingerprint density at radius 1 is 1.26 bits per heavy atom. The van der Waals surface area contributed by atoms with Crippen molar-refractivity contribution in [2.75, 3.05) is 6.54 Å². The lowest BCUT2D eigenvalue weighted by molar-refractivity contribution is -0.134. The van der Waals surface area contributed by atoms with Gasteiger partial charge < -0.3 is 10.1 Å². The molecule has 0 aromatic heterocycles. The van der Waals surface area contributed by atoms with Crippen LogP contribution in [-0.2, 0) is 4.79 Å².